The van der Waals surface area contributed by atoms with Crippen molar-refractivity contribution in [3.8, 4) is 0 Å². The van der Waals surface area contributed by atoms with Crippen LogP contribution in [0.4, 0.5) is 5.69 Å². The summed E-state index contributed by atoms with van der Waals surface area (Å²) in [6.45, 7) is 7.96. The molecule has 0 aliphatic carbocycles. The standard InChI is InChI=1S/C17H23Cl2N3O2/c1-4-24-17(23)16(22-9-11(2)7-12(3)10-22)21-20-15-8-13(18)5-6-14(15)19/h5-6,8,11-12,20H,4,7,9-10H2,1-3H3/b21-16-. The topological polar surface area (TPSA) is 53.9 Å². The quantitative estimate of drug-likeness (QED) is 0.373. The van der Waals surface area contributed by atoms with Gasteiger partial charge in [-0.05, 0) is 43.4 Å². The van der Waals surface area contributed by atoms with Crippen LogP contribution in [0.2, 0.25) is 10.0 Å². The summed E-state index contributed by atoms with van der Waals surface area (Å²) in [7, 11) is 0. The van der Waals surface area contributed by atoms with Crippen molar-refractivity contribution < 1.29 is 9.53 Å². The summed E-state index contributed by atoms with van der Waals surface area (Å²) in [6, 6.07) is 5.04. The highest BCUT2D eigenvalue weighted by Gasteiger charge is 2.28. The molecule has 132 valence electrons. The van der Waals surface area contributed by atoms with Gasteiger partial charge < -0.3 is 9.64 Å². The van der Waals surface area contributed by atoms with E-state index in [9.17, 15) is 4.79 Å². The van der Waals surface area contributed by atoms with E-state index in [0.29, 0.717) is 34.2 Å². The molecule has 0 saturated carbocycles. The molecule has 1 heterocycles. The van der Waals surface area contributed by atoms with Crippen LogP contribution in [0.25, 0.3) is 0 Å². The Bertz CT molecular complexity index is 612. The average Bonchev–Trinajstić information content (AvgIpc) is 2.50. The maximum atomic E-state index is 12.3. The van der Waals surface area contributed by atoms with Crippen LogP contribution in [-0.4, -0.2) is 36.4 Å². The number of piperidine rings is 1. The molecular formula is C17H23Cl2N3O2. The summed E-state index contributed by atoms with van der Waals surface area (Å²) >= 11 is 12.1. The zero-order valence-corrected chi connectivity index (χ0v) is 15.7. The van der Waals surface area contributed by atoms with Gasteiger partial charge in [0.15, 0.2) is 0 Å². The Kier molecular flexibility index (Phi) is 6.75. The molecule has 0 radical (unpaired) electrons. The number of hydrogen-bond donors (Lipinski definition) is 1. The number of carbonyl (C=O) groups excluding carboxylic acids is 1. The van der Waals surface area contributed by atoms with E-state index in [4.69, 9.17) is 27.9 Å². The maximum absolute atomic E-state index is 12.3. The fourth-order valence-corrected chi connectivity index (χ4v) is 3.31. The van der Waals surface area contributed by atoms with Crippen molar-refractivity contribution in [2.45, 2.75) is 27.2 Å². The highest BCUT2D eigenvalue weighted by atomic mass is 35.5. The van der Waals surface area contributed by atoms with E-state index in [-0.39, 0.29) is 5.84 Å². The van der Waals surface area contributed by atoms with Gasteiger partial charge in [-0.25, -0.2) is 4.79 Å². The van der Waals surface area contributed by atoms with E-state index in [1.165, 1.54) is 0 Å². The predicted octanol–water partition coefficient (Wildman–Crippen LogP) is 4.26. The third kappa shape index (κ3) is 5.02. The second-order valence-electron chi connectivity index (χ2n) is 6.24. The Morgan fingerprint density at radius 3 is 2.62 bits per heavy atom. The van der Waals surface area contributed by atoms with Gasteiger partial charge in [-0.2, -0.15) is 0 Å². The molecular weight excluding hydrogens is 349 g/mol. The van der Waals surface area contributed by atoms with Gasteiger partial charge >= 0.3 is 5.97 Å². The van der Waals surface area contributed by atoms with Crippen LogP contribution >= 0.6 is 23.2 Å². The summed E-state index contributed by atoms with van der Waals surface area (Å²) in [5, 5.41) is 5.30. The van der Waals surface area contributed by atoms with Gasteiger partial charge in [0, 0.05) is 18.1 Å². The van der Waals surface area contributed by atoms with Gasteiger partial charge in [-0.15, -0.1) is 5.10 Å². The maximum Gasteiger partial charge on any atom is 0.375 e. The van der Waals surface area contributed by atoms with Crippen LogP contribution < -0.4 is 5.43 Å². The number of ether oxygens (including phenoxy) is 1. The molecule has 1 N–H and O–H groups in total. The minimum Gasteiger partial charge on any atom is -0.460 e. The van der Waals surface area contributed by atoms with E-state index < -0.39 is 5.97 Å². The first-order valence-corrected chi connectivity index (χ1v) is 8.87. The molecule has 7 heteroatoms. The lowest BCUT2D eigenvalue weighted by molar-refractivity contribution is -0.136. The SMILES string of the molecule is CCOC(=O)/C(=N/Nc1cc(Cl)ccc1Cl)N1CC(C)CC(C)C1. The van der Waals surface area contributed by atoms with Crippen molar-refractivity contribution in [3.05, 3.63) is 28.2 Å². The molecule has 5 nitrogen and oxygen atoms in total. The summed E-state index contributed by atoms with van der Waals surface area (Å²) in [4.78, 5) is 14.3. The number of carbonyl (C=O) groups is 1. The molecule has 0 spiro atoms. The lowest BCUT2D eigenvalue weighted by atomic mass is 9.92. The van der Waals surface area contributed by atoms with Crippen LogP contribution in [-0.2, 0) is 9.53 Å². The van der Waals surface area contributed by atoms with E-state index >= 15 is 0 Å². The molecule has 0 aromatic heterocycles. The van der Waals surface area contributed by atoms with Crippen molar-refractivity contribution in [2.24, 2.45) is 16.9 Å². The third-order valence-corrected chi connectivity index (χ3v) is 4.40. The second-order valence-corrected chi connectivity index (χ2v) is 7.09. The molecule has 1 aliphatic rings. The van der Waals surface area contributed by atoms with Crippen LogP contribution in [0.1, 0.15) is 27.2 Å². The summed E-state index contributed by atoms with van der Waals surface area (Å²) < 4.78 is 5.16. The molecule has 1 saturated heterocycles. The highest BCUT2D eigenvalue weighted by Crippen LogP contribution is 2.26. The zero-order chi connectivity index (χ0) is 17.7. The van der Waals surface area contributed by atoms with Crippen molar-refractivity contribution in [1.29, 1.82) is 0 Å². The molecule has 1 fully saturated rings. The smallest absolute Gasteiger partial charge is 0.375 e. The Balaban J connectivity index is 2.24. The number of nitrogens with one attached hydrogen (secondary N) is 1. The minimum atomic E-state index is -0.440. The van der Waals surface area contributed by atoms with Crippen LogP contribution in [0.15, 0.2) is 23.3 Å². The van der Waals surface area contributed by atoms with E-state index in [0.717, 1.165) is 19.5 Å². The second kappa shape index (κ2) is 8.58. The number of amidine groups is 1. The Hall–Kier alpha value is -1.46. The molecule has 0 amide bonds. The van der Waals surface area contributed by atoms with E-state index in [1.807, 2.05) is 4.90 Å². The largest absolute Gasteiger partial charge is 0.460 e. The Labute approximate surface area is 152 Å². The van der Waals surface area contributed by atoms with Crippen LogP contribution in [0, 0.1) is 11.8 Å². The number of esters is 1. The monoisotopic (exact) mass is 371 g/mol. The van der Waals surface area contributed by atoms with Crippen LogP contribution in [0.5, 0.6) is 0 Å². The predicted molar refractivity (Wildman–Crippen MR) is 98.7 cm³/mol. The molecule has 1 aromatic rings. The number of hydrogen-bond acceptors (Lipinski definition) is 4. The lowest BCUT2D eigenvalue weighted by Gasteiger charge is -2.36. The Morgan fingerprint density at radius 1 is 1.33 bits per heavy atom. The average molecular weight is 372 g/mol. The molecule has 24 heavy (non-hydrogen) atoms. The van der Waals surface area contributed by atoms with Crippen molar-refractivity contribution in [3.63, 3.8) is 0 Å². The number of likely N-dealkylation sites (tertiary alicyclic amines) is 1. The lowest BCUT2D eigenvalue weighted by Crippen LogP contribution is -2.46. The first-order valence-electron chi connectivity index (χ1n) is 8.11. The number of halogens is 2. The van der Waals surface area contributed by atoms with Crippen molar-refractivity contribution in [1.82, 2.24) is 4.90 Å². The Morgan fingerprint density at radius 2 is 2.00 bits per heavy atom. The molecule has 2 atom stereocenters. The highest BCUT2D eigenvalue weighted by molar-refractivity contribution is 6.36. The van der Waals surface area contributed by atoms with Crippen molar-refractivity contribution >= 4 is 40.7 Å². The van der Waals surface area contributed by atoms with Gasteiger partial charge in [0.1, 0.15) is 0 Å². The summed E-state index contributed by atoms with van der Waals surface area (Å²) in [6.07, 6.45) is 1.14. The third-order valence-electron chi connectivity index (χ3n) is 3.84. The first kappa shape index (κ1) is 18.9. The van der Waals surface area contributed by atoms with E-state index in [1.54, 1.807) is 25.1 Å². The number of anilines is 1. The van der Waals surface area contributed by atoms with Gasteiger partial charge in [-0.3, -0.25) is 5.43 Å². The van der Waals surface area contributed by atoms with Gasteiger partial charge in [0.25, 0.3) is 0 Å². The molecule has 2 unspecified atom stereocenters. The normalized spacial score (nSPS) is 21.5. The molecule has 0 bridgehead atoms. The fourth-order valence-electron chi connectivity index (χ4n) is 2.97. The number of hydrazone groups is 1. The van der Waals surface area contributed by atoms with Gasteiger partial charge in [-0.1, -0.05) is 37.0 Å². The zero-order valence-electron chi connectivity index (χ0n) is 14.2. The molecule has 2 rings (SSSR count). The van der Waals surface area contributed by atoms with Crippen molar-refractivity contribution in [2.75, 3.05) is 25.1 Å². The number of rotatable bonds is 3. The first-order chi connectivity index (χ1) is 11.4. The van der Waals surface area contributed by atoms with E-state index in [2.05, 4.69) is 24.4 Å². The minimum absolute atomic E-state index is 0.270. The fraction of sp³-hybridized carbons (Fsp3) is 0.529. The summed E-state index contributed by atoms with van der Waals surface area (Å²) in [5.74, 6) is 0.807. The number of nitrogens with zero attached hydrogens (tertiary/aromatic N) is 2. The van der Waals surface area contributed by atoms with Gasteiger partial charge in [0.2, 0.25) is 5.84 Å². The van der Waals surface area contributed by atoms with Crippen LogP contribution in [0.3, 0.4) is 0 Å². The van der Waals surface area contributed by atoms with Gasteiger partial charge in [0.05, 0.1) is 17.3 Å². The number of benzene rings is 1. The summed E-state index contributed by atoms with van der Waals surface area (Å²) in [5.41, 5.74) is 3.39. The molecule has 1 aromatic carbocycles. The molecule has 1 aliphatic heterocycles.